The van der Waals surface area contributed by atoms with Crippen molar-refractivity contribution in [2.24, 2.45) is 11.8 Å². The van der Waals surface area contributed by atoms with E-state index in [2.05, 4.69) is 15.6 Å². The summed E-state index contributed by atoms with van der Waals surface area (Å²) in [6.07, 6.45) is -2.55. The highest BCUT2D eigenvalue weighted by molar-refractivity contribution is 7.89. The van der Waals surface area contributed by atoms with E-state index in [1.807, 2.05) is 44.2 Å². The molecule has 2 amide bonds. The number of carbonyl (C=O) groups is 2. The minimum Gasteiger partial charge on any atom is -0.450 e. The molecular formula is C31H40N4O9S2. The number of benzene rings is 2. The van der Waals surface area contributed by atoms with E-state index in [1.165, 1.54) is 16.4 Å². The first-order valence-corrected chi connectivity index (χ1v) is 17.6. The number of ether oxygens (including phenoxy) is 4. The second-order valence-electron chi connectivity index (χ2n) is 11.7. The summed E-state index contributed by atoms with van der Waals surface area (Å²) in [6, 6.07) is 13.0. The zero-order chi connectivity index (χ0) is 32.8. The van der Waals surface area contributed by atoms with E-state index in [0.29, 0.717) is 16.8 Å². The van der Waals surface area contributed by atoms with E-state index in [0.717, 1.165) is 23.3 Å². The van der Waals surface area contributed by atoms with Crippen LogP contribution in [0.15, 0.2) is 53.4 Å². The number of aliphatic hydroxyl groups is 1. The summed E-state index contributed by atoms with van der Waals surface area (Å²) in [4.78, 5) is 29.3. The molecule has 0 radical (unpaired) electrons. The van der Waals surface area contributed by atoms with Crippen molar-refractivity contribution in [1.82, 2.24) is 14.6 Å². The van der Waals surface area contributed by atoms with E-state index in [-0.39, 0.29) is 60.9 Å². The van der Waals surface area contributed by atoms with Crippen molar-refractivity contribution in [3.63, 3.8) is 0 Å². The quantitative estimate of drug-likeness (QED) is 0.241. The number of sulfonamides is 1. The molecule has 2 aliphatic heterocycles. The molecule has 2 fully saturated rings. The molecule has 250 valence electrons. The van der Waals surface area contributed by atoms with Gasteiger partial charge in [-0.3, -0.25) is 5.32 Å². The molecule has 0 spiro atoms. The van der Waals surface area contributed by atoms with Gasteiger partial charge in [0.1, 0.15) is 6.10 Å². The Kier molecular flexibility index (Phi) is 11.1. The van der Waals surface area contributed by atoms with Crippen LogP contribution in [0.1, 0.15) is 32.8 Å². The Morgan fingerprint density at radius 2 is 1.91 bits per heavy atom. The molecule has 0 unspecified atom stereocenters. The maximum atomic E-state index is 14.0. The number of aliphatic hydroxyl groups excluding tert-OH is 1. The average molecular weight is 677 g/mol. The molecule has 1 aromatic heterocycles. The number of alkyl carbamates (subject to hydrolysis) is 1. The number of amides is 2. The molecule has 46 heavy (non-hydrogen) atoms. The fraction of sp³-hybridized carbons (Fsp3) is 0.516. The molecule has 2 aliphatic rings. The lowest BCUT2D eigenvalue weighted by molar-refractivity contribution is -0.0907. The summed E-state index contributed by atoms with van der Waals surface area (Å²) >= 11 is 1.12. The van der Waals surface area contributed by atoms with Crippen molar-refractivity contribution in [1.29, 1.82) is 0 Å². The van der Waals surface area contributed by atoms with Gasteiger partial charge in [-0.25, -0.2) is 23.0 Å². The molecule has 3 aromatic rings. The Bertz CT molecular complexity index is 1600. The molecule has 3 N–H and O–H groups in total. The lowest BCUT2D eigenvalue weighted by Crippen LogP contribution is -2.51. The highest BCUT2D eigenvalue weighted by atomic mass is 32.2. The zero-order valence-corrected chi connectivity index (χ0v) is 27.6. The van der Waals surface area contributed by atoms with Crippen LogP contribution in [-0.4, -0.2) is 92.4 Å². The van der Waals surface area contributed by atoms with Gasteiger partial charge in [0.25, 0.3) is 0 Å². The first kappa shape index (κ1) is 34.0. The molecule has 0 bridgehead atoms. The van der Waals surface area contributed by atoms with Gasteiger partial charge < -0.3 is 29.4 Å². The lowest BCUT2D eigenvalue weighted by Gasteiger charge is -2.31. The normalized spacial score (nSPS) is 20.9. The van der Waals surface area contributed by atoms with Crippen LogP contribution in [0.3, 0.4) is 0 Å². The SMILES string of the molecule is CCOC(=O)Nc1nc2ccc(S(=O)(=O)N(CC(C)C)C[C@@H](O)[C@H](Cc3ccccc3)NC(=O)O[C@H]3CO[C@H]4OCC[C@H]43)cc2s1. The number of aromatic nitrogens is 1. The first-order valence-electron chi connectivity index (χ1n) is 15.3. The topological polar surface area (TPSA) is 166 Å². The zero-order valence-electron chi connectivity index (χ0n) is 26.0. The molecule has 5 rings (SSSR count). The van der Waals surface area contributed by atoms with Gasteiger partial charge in [0.15, 0.2) is 11.4 Å². The van der Waals surface area contributed by atoms with Crippen LogP contribution in [0.5, 0.6) is 0 Å². The number of rotatable bonds is 13. The van der Waals surface area contributed by atoms with E-state index < -0.39 is 40.5 Å². The Morgan fingerprint density at radius 3 is 2.65 bits per heavy atom. The van der Waals surface area contributed by atoms with Gasteiger partial charge in [-0.05, 0) is 49.4 Å². The number of nitrogens with zero attached hydrogens (tertiary/aromatic N) is 2. The van der Waals surface area contributed by atoms with E-state index >= 15 is 0 Å². The van der Waals surface area contributed by atoms with Crippen molar-refractivity contribution in [3.8, 4) is 0 Å². The third-order valence-corrected chi connectivity index (χ3v) is 10.5. The Balaban J connectivity index is 1.34. The van der Waals surface area contributed by atoms with E-state index in [9.17, 15) is 23.1 Å². The first-order chi connectivity index (χ1) is 22.0. The fourth-order valence-electron chi connectivity index (χ4n) is 5.56. The standard InChI is InChI=1S/C31H40N4O9S2/c1-4-41-30(37)34-29-32-23-11-10-21(15-27(23)45-29)46(39,40)35(16-19(2)3)17-25(36)24(14-20-8-6-5-7-9-20)33-31(38)44-26-18-43-28-22(26)12-13-42-28/h5-11,15,19,22,24-26,28,36H,4,12-14,16-18H2,1-3H3,(H,33,38)(H,32,34,37)/t22-,24-,25+,26-,28+/m0/s1. The van der Waals surface area contributed by atoms with Crippen LogP contribution in [0, 0.1) is 11.8 Å². The van der Waals surface area contributed by atoms with Crippen LogP contribution >= 0.6 is 11.3 Å². The van der Waals surface area contributed by atoms with Crippen LogP contribution in [0.25, 0.3) is 10.2 Å². The summed E-state index contributed by atoms with van der Waals surface area (Å²) in [5.41, 5.74) is 1.36. The smallest absolute Gasteiger partial charge is 0.413 e. The van der Waals surface area contributed by atoms with Gasteiger partial charge in [0, 0.05) is 13.1 Å². The summed E-state index contributed by atoms with van der Waals surface area (Å²) in [7, 11) is -4.10. The maximum Gasteiger partial charge on any atom is 0.413 e. The van der Waals surface area contributed by atoms with Gasteiger partial charge in [-0.2, -0.15) is 4.31 Å². The number of carbonyl (C=O) groups excluding carboxylic acids is 2. The number of hydrogen-bond acceptors (Lipinski definition) is 11. The Hall–Kier alpha value is -3.34. The van der Waals surface area contributed by atoms with Crippen molar-refractivity contribution in [3.05, 3.63) is 54.1 Å². The average Bonchev–Trinajstić information content (AvgIpc) is 3.73. The van der Waals surface area contributed by atoms with E-state index in [4.69, 9.17) is 18.9 Å². The number of anilines is 1. The van der Waals surface area contributed by atoms with Gasteiger partial charge in [0.05, 0.1) is 53.0 Å². The highest BCUT2D eigenvalue weighted by Gasteiger charge is 2.44. The van der Waals surface area contributed by atoms with Crippen molar-refractivity contribution in [2.45, 2.75) is 63.0 Å². The van der Waals surface area contributed by atoms with Gasteiger partial charge in [0.2, 0.25) is 10.0 Å². The predicted molar refractivity (Wildman–Crippen MR) is 171 cm³/mol. The third-order valence-electron chi connectivity index (χ3n) is 7.75. The molecule has 3 heterocycles. The van der Waals surface area contributed by atoms with Crippen LogP contribution in [0.2, 0.25) is 0 Å². The summed E-state index contributed by atoms with van der Waals surface area (Å²) in [6.45, 7) is 6.26. The largest absolute Gasteiger partial charge is 0.450 e. The molecule has 0 aliphatic carbocycles. The molecular weight excluding hydrogens is 636 g/mol. The summed E-state index contributed by atoms with van der Waals surface area (Å²) < 4.78 is 51.5. The molecule has 2 aromatic carbocycles. The minimum absolute atomic E-state index is 0.0146. The molecule has 0 saturated carbocycles. The van der Waals surface area contributed by atoms with Crippen molar-refractivity contribution in [2.75, 3.05) is 38.2 Å². The second-order valence-corrected chi connectivity index (χ2v) is 14.7. The molecule has 2 saturated heterocycles. The summed E-state index contributed by atoms with van der Waals surface area (Å²) in [5.74, 6) is -0.119. The minimum atomic E-state index is -4.10. The van der Waals surface area contributed by atoms with Gasteiger partial charge in [-0.1, -0.05) is 55.5 Å². The highest BCUT2D eigenvalue weighted by Crippen LogP contribution is 2.33. The van der Waals surface area contributed by atoms with Gasteiger partial charge in [-0.15, -0.1) is 0 Å². The Labute approximate surface area is 272 Å². The predicted octanol–water partition coefficient (Wildman–Crippen LogP) is 3.97. The number of thiazole rings is 1. The van der Waals surface area contributed by atoms with Crippen molar-refractivity contribution >= 4 is 48.9 Å². The van der Waals surface area contributed by atoms with Crippen LogP contribution in [-0.2, 0) is 35.4 Å². The van der Waals surface area contributed by atoms with Gasteiger partial charge >= 0.3 is 12.2 Å². The van der Waals surface area contributed by atoms with Crippen molar-refractivity contribution < 1.29 is 42.1 Å². The summed E-state index contributed by atoms with van der Waals surface area (Å²) in [5, 5.41) is 17.2. The monoisotopic (exact) mass is 676 g/mol. The molecule has 15 heteroatoms. The maximum absolute atomic E-state index is 14.0. The molecule has 5 atom stereocenters. The lowest BCUT2D eigenvalue weighted by atomic mass is 10.0. The fourth-order valence-corrected chi connectivity index (χ4v) is 8.17. The number of hydrogen-bond donors (Lipinski definition) is 3. The molecule has 13 nitrogen and oxygen atoms in total. The van der Waals surface area contributed by atoms with E-state index in [1.54, 1.807) is 13.0 Å². The number of nitrogens with one attached hydrogen (secondary N) is 2. The number of fused-ring (bicyclic) bond motifs is 2. The Morgan fingerprint density at radius 1 is 1.13 bits per heavy atom. The van der Waals surface area contributed by atoms with Crippen LogP contribution < -0.4 is 10.6 Å². The van der Waals surface area contributed by atoms with Crippen LogP contribution in [0.4, 0.5) is 14.7 Å². The second kappa shape index (κ2) is 15.0. The third kappa shape index (κ3) is 8.32.